The van der Waals surface area contributed by atoms with Crippen LogP contribution in [0.4, 0.5) is 11.5 Å². The third-order valence-electron chi connectivity index (χ3n) is 4.72. The Bertz CT molecular complexity index is 1380. The second-order valence-corrected chi connectivity index (χ2v) is 8.32. The number of nitrogen functional groups attached to an aromatic ring is 1. The van der Waals surface area contributed by atoms with E-state index in [1.54, 1.807) is 25.1 Å². The van der Waals surface area contributed by atoms with E-state index < -0.39 is 5.91 Å². The summed E-state index contributed by atoms with van der Waals surface area (Å²) in [6.07, 6.45) is 0. The summed E-state index contributed by atoms with van der Waals surface area (Å²) in [5, 5.41) is 22.3. The molecule has 0 bridgehead atoms. The minimum Gasteiger partial charge on any atom is -0.378 e. The molecular weight excluding hydrogens is 470 g/mol. The number of carbonyl (C=O) groups excluding carboxylic acids is 2. The summed E-state index contributed by atoms with van der Waals surface area (Å²) in [4.78, 5) is 25.3. The Labute approximate surface area is 203 Å². The number of nitrogens with one attached hydrogen (secondary N) is 2. The number of rotatable bonds is 8. The molecule has 4 aromatic rings. The van der Waals surface area contributed by atoms with Gasteiger partial charge < -0.3 is 11.1 Å². The van der Waals surface area contributed by atoms with Gasteiger partial charge in [-0.25, -0.2) is 10.1 Å². The van der Waals surface area contributed by atoms with Crippen molar-refractivity contribution in [1.29, 1.82) is 0 Å². The van der Waals surface area contributed by atoms with Crippen molar-refractivity contribution in [3.05, 3.63) is 71.5 Å². The van der Waals surface area contributed by atoms with Crippen LogP contribution in [0, 0.1) is 0 Å². The summed E-state index contributed by atoms with van der Waals surface area (Å²) in [7, 11) is 0. The fraction of sp³-hybridized carbons (Fsp3) is 0.136. The van der Waals surface area contributed by atoms with E-state index in [9.17, 15) is 9.59 Å². The van der Waals surface area contributed by atoms with Gasteiger partial charge >= 0.3 is 0 Å². The van der Waals surface area contributed by atoms with Crippen LogP contribution in [0.1, 0.15) is 35.6 Å². The second-order valence-electron chi connectivity index (χ2n) is 7.27. The van der Waals surface area contributed by atoms with Gasteiger partial charge in [-0.2, -0.15) is 9.78 Å². The minimum absolute atomic E-state index is 0.0146. The molecule has 0 saturated carbocycles. The van der Waals surface area contributed by atoms with Crippen LogP contribution in [-0.4, -0.2) is 42.8 Å². The molecule has 0 aliphatic heterocycles. The number of nitrogens with zero attached hydrogens (tertiary/aromatic N) is 6. The highest BCUT2D eigenvalue weighted by Crippen LogP contribution is 2.25. The van der Waals surface area contributed by atoms with Crippen molar-refractivity contribution in [2.45, 2.75) is 24.5 Å². The molecule has 35 heavy (non-hydrogen) atoms. The number of amides is 2. The second kappa shape index (κ2) is 10.6. The fourth-order valence-corrected chi connectivity index (χ4v) is 3.97. The van der Waals surface area contributed by atoms with Crippen molar-refractivity contribution in [1.82, 2.24) is 30.7 Å². The molecule has 178 valence electrons. The maximum Gasteiger partial charge on any atom is 0.293 e. The molecule has 0 aliphatic rings. The average Bonchev–Trinajstić information content (AvgIpc) is 3.47. The van der Waals surface area contributed by atoms with Gasteiger partial charge in [0.05, 0.1) is 11.4 Å². The summed E-state index contributed by atoms with van der Waals surface area (Å²) in [6.45, 7) is 3.16. The third-order valence-corrected chi connectivity index (χ3v) is 5.74. The fourth-order valence-electron chi connectivity index (χ4n) is 3.06. The Kier molecular flexibility index (Phi) is 7.16. The first kappa shape index (κ1) is 23.6. The number of carbonyl (C=O) groups is 2. The molecule has 2 aromatic carbocycles. The van der Waals surface area contributed by atoms with E-state index in [4.69, 9.17) is 5.73 Å². The van der Waals surface area contributed by atoms with Crippen LogP contribution < -0.4 is 16.5 Å². The van der Waals surface area contributed by atoms with Gasteiger partial charge in [0.2, 0.25) is 17.5 Å². The molecule has 0 atom stereocenters. The van der Waals surface area contributed by atoms with E-state index >= 15 is 0 Å². The van der Waals surface area contributed by atoms with E-state index in [1.165, 1.54) is 23.4 Å². The van der Waals surface area contributed by atoms with Crippen LogP contribution in [0.2, 0.25) is 0 Å². The van der Waals surface area contributed by atoms with Gasteiger partial charge in [-0.15, -0.1) is 16.9 Å². The van der Waals surface area contributed by atoms with Gasteiger partial charge in [-0.05, 0) is 47.1 Å². The summed E-state index contributed by atoms with van der Waals surface area (Å²) >= 11 is 1.48. The normalized spacial score (nSPS) is 11.3. The van der Waals surface area contributed by atoms with Crippen LogP contribution >= 0.6 is 11.8 Å². The highest BCUT2D eigenvalue weighted by molar-refractivity contribution is 7.98. The predicted molar refractivity (Wildman–Crippen MR) is 130 cm³/mol. The molecule has 4 N–H and O–H groups in total. The number of nitrogens with two attached hydrogens (primary N) is 1. The van der Waals surface area contributed by atoms with E-state index in [2.05, 4.69) is 41.1 Å². The predicted octanol–water partition coefficient (Wildman–Crippen LogP) is 2.64. The molecule has 0 aliphatic carbocycles. The third kappa shape index (κ3) is 5.70. The minimum atomic E-state index is -0.563. The van der Waals surface area contributed by atoms with Crippen molar-refractivity contribution in [3.8, 4) is 5.82 Å². The average molecular weight is 492 g/mol. The standard InChI is InChI=1S/C22H21N9O3S/c1-13(15-7-6-8-16(11-15)24-14(2)32)25-27-22(33)19-18(12-35-17-9-4-3-5-10-17)31(30-26-19)21-20(23)28-34-29-21/h3-11H,12H2,1-2H3,(H2,23,28)(H,24,32)(H,27,33)/b25-13-. The van der Waals surface area contributed by atoms with Crippen molar-refractivity contribution >= 4 is 40.8 Å². The topological polar surface area (TPSA) is 166 Å². The Morgan fingerprint density at radius 2 is 1.91 bits per heavy atom. The smallest absolute Gasteiger partial charge is 0.293 e. The number of anilines is 2. The Balaban J connectivity index is 1.57. The van der Waals surface area contributed by atoms with Gasteiger partial charge in [0.1, 0.15) is 0 Å². The van der Waals surface area contributed by atoms with Crippen LogP contribution in [0.25, 0.3) is 5.82 Å². The molecule has 0 fully saturated rings. The maximum absolute atomic E-state index is 13.0. The molecule has 0 spiro atoms. The van der Waals surface area contributed by atoms with E-state index in [1.807, 2.05) is 36.4 Å². The molecule has 12 nitrogen and oxygen atoms in total. The lowest BCUT2D eigenvalue weighted by molar-refractivity contribution is -0.114. The zero-order valence-corrected chi connectivity index (χ0v) is 19.6. The summed E-state index contributed by atoms with van der Waals surface area (Å²) in [5.41, 5.74) is 10.7. The molecule has 2 amide bonds. The van der Waals surface area contributed by atoms with E-state index in [0.29, 0.717) is 22.8 Å². The van der Waals surface area contributed by atoms with Gasteiger partial charge in [0.15, 0.2) is 5.69 Å². The van der Waals surface area contributed by atoms with Crippen LogP contribution in [-0.2, 0) is 10.5 Å². The van der Waals surface area contributed by atoms with E-state index in [0.717, 1.165) is 10.5 Å². The summed E-state index contributed by atoms with van der Waals surface area (Å²) < 4.78 is 6.00. The lowest BCUT2D eigenvalue weighted by atomic mass is 10.1. The number of thioether (sulfide) groups is 1. The Morgan fingerprint density at radius 3 is 2.63 bits per heavy atom. The van der Waals surface area contributed by atoms with Crippen molar-refractivity contribution in [3.63, 3.8) is 0 Å². The zero-order chi connectivity index (χ0) is 24.8. The van der Waals surface area contributed by atoms with Gasteiger partial charge in [-0.3, -0.25) is 9.59 Å². The lowest BCUT2D eigenvalue weighted by Crippen LogP contribution is -2.21. The Hall–Kier alpha value is -4.52. The monoisotopic (exact) mass is 491 g/mol. The van der Waals surface area contributed by atoms with Crippen molar-refractivity contribution < 1.29 is 14.2 Å². The summed E-state index contributed by atoms with van der Waals surface area (Å²) in [6, 6.07) is 16.8. The first-order valence-electron chi connectivity index (χ1n) is 10.4. The lowest BCUT2D eigenvalue weighted by Gasteiger charge is -2.07. The van der Waals surface area contributed by atoms with Crippen molar-refractivity contribution in [2.24, 2.45) is 5.10 Å². The SMILES string of the molecule is CC(=O)Nc1cccc(/C(C)=N\NC(=O)c2nnn(-c3nonc3N)c2CSc2ccccc2)c1. The molecule has 13 heteroatoms. The van der Waals surface area contributed by atoms with E-state index in [-0.39, 0.29) is 23.2 Å². The molecule has 0 unspecified atom stereocenters. The molecular formula is C22H21N9O3S. The Morgan fingerprint density at radius 1 is 1.11 bits per heavy atom. The summed E-state index contributed by atoms with van der Waals surface area (Å²) in [5.74, 6) is -0.257. The van der Waals surface area contributed by atoms with Gasteiger partial charge in [-0.1, -0.05) is 35.5 Å². The first-order chi connectivity index (χ1) is 16.9. The quantitative estimate of drug-likeness (QED) is 0.191. The molecule has 0 radical (unpaired) electrons. The maximum atomic E-state index is 13.0. The van der Waals surface area contributed by atoms with Gasteiger partial charge in [0.25, 0.3) is 5.91 Å². The van der Waals surface area contributed by atoms with Gasteiger partial charge in [0, 0.05) is 23.3 Å². The number of benzene rings is 2. The largest absolute Gasteiger partial charge is 0.378 e. The van der Waals surface area contributed by atoms with Crippen LogP contribution in [0.5, 0.6) is 0 Å². The number of hydrogen-bond donors (Lipinski definition) is 3. The van der Waals surface area contributed by atoms with Crippen LogP contribution in [0.15, 0.2) is 69.2 Å². The zero-order valence-electron chi connectivity index (χ0n) is 18.8. The number of aromatic nitrogens is 5. The van der Waals surface area contributed by atoms with Crippen molar-refractivity contribution in [2.75, 3.05) is 11.1 Å². The molecule has 4 rings (SSSR count). The number of hydrazone groups is 1. The van der Waals surface area contributed by atoms with Crippen LogP contribution in [0.3, 0.4) is 0 Å². The molecule has 0 saturated heterocycles. The molecule has 2 aromatic heterocycles. The number of hydrogen-bond acceptors (Lipinski definition) is 10. The highest BCUT2D eigenvalue weighted by Gasteiger charge is 2.24. The highest BCUT2D eigenvalue weighted by atomic mass is 32.2. The molecule has 2 heterocycles. The first-order valence-corrected chi connectivity index (χ1v) is 11.3.